The maximum absolute atomic E-state index is 12.6. The van der Waals surface area contributed by atoms with Crippen molar-refractivity contribution in [3.63, 3.8) is 0 Å². The van der Waals surface area contributed by atoms with Gasteiger partial charge < -0.3 is 24.2 Å². The van der Waals surface area contributed by atoms with E-state index < -0.39 is 5.60 Å². The van der Waals surface area contributed by atoms with Crippen molar-refractivity contribution >= 4 is 18.1 Å². The minimum absolute atomic E-state index is 0.0297. The summed E-state index contributed by atoms with van der Waals surface area (Å²) in [4.78, 5) is 41.8. The molecule has 0 saturated carbocycles. The third-order valence-corrected chi connectivity index (χ3v) is 4.94. The summed E-state index contributed by atoms with van der Waals surface area (Å²) in [6, 6.07) is 9.53. The normalized spacial score (nSPS) is 17.6. The Morgan fingerprint density at radius 1 is 0.897 bits per heavy atom. The van der Waals surface area contributed by atoms with Gasteiger partial charge in [-0.05, 0) is 26.3 Å². The first kappa shape index (κ1) is 21.0. The molecular formula is C21H29N3O5. The number of likely N-dealkylation sites (tertiary alicyclic amines) is 1. The van der Waals surface area contributed by atoms with Gasteiger partial charge in [0.15, 0.2) is 0 Å². The minimum Gasteiger partial charge on any atom is -0.445 e. The zero-order valence-corrected chi connectivity index (χ0v) is 17.3. The Labute approximate surface area is 171 Å². The lowest BCUT2D eigenvalue weighted by Crippen LogP contribution is -2.60. The van der Waals surface area contributed by atoms with Crippen LogP contribution in [0.15, 0.2) is 30.3 Å². The topological polar surface area (TPSA) is 79.4 Å². The molecule has 8 nitrogen and oxygen atoms in total. The Morgan fingerprint density at radius 2 is 1.48 bits per heavy atom. The minimum atomic E-state index is -0.544. The van der Waals surface area contributed by atoms with E-state index in [1.54, 1.807) is 14.7 Å². The van der Waals surface area contributed by atoms with Crippen molar-refractivity contribution in [2.24, 2.45) is 5.92 Å². The fourth-order valence-electron chi connectivity index (χ4n) is 3.29. The number of rotatable bonds is 3. The lowest BCUT2D eigenvalue weighted by Gasteiger charge is -2.42. The molecule has 0 unspecified atom stereocenters. The first-order valence-corrected chi connectivity index (χ1v) is 9.95. The first-order valence-electron chi connectivity index (χ1n) is 9.95. The van der Waals surface area contributed by atoms with Gasteiger partial charge in [0.25, 0.3) is 0 Å². The highest BCUT2D eigenvalue weighted by Crippen LogP contribution is 2.22. The smallest absolute Gasteiger partial charge is 0.410 e. The van der Waals surface area contributed by atoms with Gasteiger partial charge >= 0.3 is 12.2 Å². The van der Waals surface area contributed by atoms with E-state index in [0.717, 1.165) is 5.56 Å². The number of hydrogen-bond acceptors (Lipinski definition) is 5. The van der Waals surface area contributed by atoms with Crippen LogP contribution in [0, 0.1) is 5.92 Å². The maximum atomic E-state index is 12.6. The lowest BCUT2D eigenvalue weighted by molar-refractivity contribution is -0.142. The highest BCUT2D eigenvalue weighted by atomic mass is 16.6. The number of nitrogens with zero attached hydrogens (tertiary/aromatic N) is 3. The summed E-state index contributed by atoms with van der Waals surface area (Å²) < 4.78 is 10.7. The van der Waals surface area contributed by atoms with Gasteiger partial charge in [-0.25, -0.2) is 9.59 Å². The largest absolute Gasteiger partial charge is 0.445 e. The molecule has 2 heterocycles. The molecule has 0 atom stereocenters. The zero-order valence-electron chi connectivity index (χ0n) is 17.3. The molecule has 3 amide bonds. The third-order valence-electron chi connectivity index (χ3n) is 4.94. The van der Waals surface area contributed by atoms with Gasteiger partial charge in [-0.1, -0.05) is 30.3 Å². The molecule has 0 bridgehead atoms. The van der Waals surface area contributed by atoms with E-state index in [4.69, 9.17) is 9.47 Å². The van der Waals surface area contributed by atoms with Crippen molar-refractivity contribution in [2.45, 2.75) is 33.0 Å². The second kappa shape index (κ2) is 8.71. The molecule has 1 aromatic carbocycles. The second-order valence-corrected chi connectivity index (χ2v) is 8.43. The van der Waals surface area contributed by atoms with Gasteiger partial charge in [-0.15, -0.1) is 0 Å². The Hall–Kier alpha value is -2.77. The molecule has 0 radical (unpaired) electrons. The summed E-state index contributed by atoms with van der Waals surface area (Å²) in [5, 5.41) is 0. The Bertz CT molecular complexity index is 732. The average molecular weight is 403 g/mol. The summed E-state index contributed by atoms with van der Waals surface area (Å²) in [6.07, 6.45) is -0.742. The van der Waals surface area contributed by atoms with Crippen molar-refractivity contribution in [1.29, 1.82) is 0 Å². The van der Waals surface area contributed by atoms with Crippen molar-refractivity contribution in [3.8, 4) is 0 Å². The molecule has 8 heteroatoms. The molecule has 2 saturated heterocycles. The highest BCUT2D eigenvalue weighted by molar-refractivity contribution is 5.83. The van der Waals surface area contributed by atoms with E-state index in [9.17, 15) is 14.4 Å². The predicted octanol–water partition coefficient (Wildman–Crippen LogP) is 2.33. The number of carbonyl (C=O) groups excluding carboxylic acids is 3. The molecule has 2 aliphatic rings. The van der Waals surface area contributed by atoms with Crippen LogP contribution in [0.1, 0.15) is 26.3 Å². The van der Waals surface area contributed by atoms with Crippen LogP contribution in [0.2, 0.25) is 0 Å². The summed E-state index contributed by atoms with van der Waals surface area (Å²) in [6.45, 7) is 8.29. The van der Waals surface area contributed by atoms with Gasteiger partial charge in [-0.2, -0.15) is 0 Å². The van der Waals surface area contributed by atoms with Crippen LogP contribution in [0.25, 0.3) is 0 Å². The predicted molar refractivity (Wildman–Crippen MR) is 106 cm³/mol. The molecule has 2 aliphatic heterocycles. The van der Waals surface area contributed by atoms with Gasteiger partial charge in [0.1, 0.15) is 12.2 Å². The standard InChI is InChI=1S/C21H29N3O5/c1-21(2,3)29-20(27)24-13-17(14-24)18(25)22-9-11-23(12-10-22)19(26)28-15-16-7-5-4-6-8-16/h4-8,17H,9-15H2,1-3H3. The molecule has 29 heavy (non-hydrogen) atoms. The number of hydrogen-bond donors (Lipinski definition) is 0. The number of benzene rings is 1. The van der Waals surface area contributed by atoms with Gasteiger partial charge in [0.2, 0.25) is 5.91 Å². The van der Waals surface area contributed by atoms with Crippen LogP contribution >= 0.6 is 0 Å². The number of ether oxygens (including phenoxy) is 2. The summed E-state index contributed by atoms with van der Waals surface area (Å²) in [7, 11) is 0. The van der Waals surface area contributed by atoms with E-state index in [0.29, 0.717) is 39.3 Å². The molecular weight excluding hydrogens is 374 g/mol. The molecule has 2 fully saturated rings. The van der Waals surface area contributed by atoms with Crippen LogP contribution < -0.4 is 0 Å². The molecule has 0 spiro atoms. The number of carbonyl (C=O) groups is 3. The van der Waals surface area contributed by atoms with Crippen LogP contribution in [0.3, 0.4) is 0 Å². The van der Waals surface area contributed by atoms with E-state index in [1.165, 1.54) is 0 Å². The van der Waals surface area contributed by atoms with E-state index in [2.05, 4.69) is 0 Å². The van der Waals surface area contributed by atoms with Crippen LogP contribution in [0.5, 0.6) is 0 Å². The van der Waals surface area contributed by atoms with E-state index in [-0.39, 0.29) is 30.6 Å². The fourth-order valence-corrected chi connectivity index (χ4v) is 3.29. The monoisotopic (exact) mass is 403 g/mol. The molecule has 3 rings (SSSR count). The lowest BCUT2D eigenvalue weighted by atomic mass is 9.98. The second-order valence-electron chi connectivity index (χ2n) is 8.43. The maximum Gasteiger partial charge on any atom is 0.410 e. The van der Waals surface area contributed by atoms with Crippen molar-refractivity contribution in [2.75, 3.05) is 39.3 Å². The van der Waals surface area contributed by atoms with Gasteiger partial charge in [-0.3, -0.25) is 4.79 Å². The molecule has 158 valence electrons. The molecule has 0 aliphatic carbocycles. The SMILES string of the molecule is CC(C)(C)OC(=O)N1CC(C(=O)N2CCN(C(=O)OCc3ccccc3)CC2)C1. The highest BCUT2D eigenvalue weighted by Gasteiger charge is 2.40. The van der Waals surface area contributed by atoms with Crippen LogP contribution in [0.4, 0.5) is 9.59 Å². The first-order chi connectivity index (χ1) is 13.7. The summed E-state index contributed by atoms with van der Waals surface area (Å²) >= 11 is 0. The van der Waals surface area contributed by atoms with Crippen molar-refractivity contribution < 1.29 is 23.9 Å². The summed E-state index contributed by atoms with van der Waals surface area (Å²) in [5.41, 5.74) is 0.395. The quantitative estimate of drug-likeness (QED) is 0.774. The summed E-state index contributed by atoms with van der Waals surface area (Å²) in [5.74, 6) is -0.166. The zero-order chi connectivity index (χ0) is 21.0. The Morgan fingerprint density at radius 3 is 2.07 bits per heavy atom. The molecule has 0 N–H and O–H groups in total. The van der Waals surface area contributed by atoms with E-state index in [1.807, 2.05) is 51.1 Å². The van der Waals surface area contributed by atoms with Crippen molar-refractivity contribution in [1.82, 2.24) is 14.7 Å². The van der Waals surface area contributed by atoms with Gasteiger partial charge in [0.05, 0.1) is 5.92 Å². The van der Waals surface area contributed by atoms with Crippen LogP contribution in [-0.4, -0.2) is 77.7 Å². The molecule has 1 aromatic rings. The molecule has 0 aromatic heterocycles. The Kier molecular flexibility index (Phi) is 6.30. The number of piperazine rings is 1. The Balaban J connectivity index is 1.38. The average Bonchev–Trinajstić information content (AvgIpc) is 2.64. The third kappa shape index (κ3) is 5.62. The van der Waals surface area contributed by atoms with Gasteiger partial charge in [0, 0.05) is 39.3 Å². The van der Waals surface area contributed by atoms with Crippen molar-refractivity contribution in [3.05, 3.63) is 35.9 Å². The number of amides is 3. The van der Waals surface area contributed by atoms with Crippen LogP contribution in [-0.2, 0) is 20.9 Å². The van der Waals surface area contributed by atoms with E-state index >= 15 is 0 Å². The fraction of sp³-hybridized carbons (Fsp3) is 0.571.